The summed E-state index contributed by atoms with van der Waals surface area (Å²) in [5.74, 6) is 2.00. The summed E-state index contributed by atoms with van der Waals surface area (Å²) in [5, 5.41) is 0. The van der Waals surface area contributed by atoms with Gasteiger partial charge in [-0.25, -0.2) is 4.98 Å². The van der Waals surface area contributed by atoms with Crippen molar-refractivity contribution in [3.05, 3.63) is 11.6 Å². The summed E-state index contributed by atoms with van der Waals surface area (Å²) in [4.78, 5) is 13.0. The highest BCUT2D eigenvalue weighted by Gasteiger charge is 2.42. The van der Waals surface area contributed by atoms with Gasteiger partial charge in [0.1, 0.15) is 11.6 Å². The van der Waals surface area contributed by atoms with Crippen LogP contribution in [0, 0.1) is 0 Å². The molecule has 1 aliphatic rings. The molecule has 1 saturated carbocycles. The molecule has 0 atom stereocenters. The van der Waals surface area contributed by atoms with Crippen LogP contribution in [0.2, 0.25) is 0 Å². The summed E-state index contributed by atoms with van der Waals surface area (Å²) in [6, 6.07) is 0. The summed E-state index contributed by atoms with van der Waals surface area (Å²) < 4.78 is 0. The first-order valence-electron chi connectivity index (χ1n) is 5.34. The molecular formula is C11H18N4. The third kappa shape index (κ3) is 1.94. The van der Waals surface area contributed by atoms with E-state index in [4.69, 9.17) is 5.73 Å². The van der Waals surface area contributed by atoms with Crippen molar-refractivity contribution in [3.63, 3.8) is 0 Å². The predicted octanol–water partition coefficient (Wildman–Crippen LogP) is 1.80. The van der Waals surface area contributed by atoms with Crippen molar-refractivity contribution >= 4 is 5.95 Å². The van der Waals surface area contributed by atoms with Crippen LogP contribution in [0.4, 0.5) is 5.95 Å². The van der Waals surface area contributed by atoms with Gasteiger partial charge >= 0.3 is 0 Å². The molecule has 4 nitrogen and oxygen atoms in total. The van der Waals surface area contributed by atoms with Crippen LogP contribution in [0.5, 0.6) is 0 Å². The van der Waals surface area contributed by atoms with Crippen LogP contribution >= 0.6 is 0 Å². The van der Waals surface area contributed by atoms with Crippen molar-refractivity contribution in [1.29, 1.82) is 0 Å². The third-order valence-electron chi connectivity index (χ3n) is 2.86. The molecule has 1 fully saturated rings. The Morgan fingerprint density at radius 2 is 1.73 bits per heavy atom. The zero-order chi connectivity index (χ0) is 11.3. The minimum atomic E-state index is -0.0724. The quantitative estimate of drug-likeness (QED) is 0.761. The minimum Gasteiger partial charge on any atom is -0.368 e. The standard InChI is InChI=1S/C11H18N4/c1-10(2,3)7-13-8(11(4)5-6-11)15-9(12)14-7/h5-6H2,1-4H3,(H2,12,13,14,15). The van der Waals surface area contributed by atoms with E-state index in [1.165, 1.54) is 0 Å². The Hall–Kier alpha value is -1.19. The molecule has 4 heteroatoms. The molecule has 0 saturated heterocycles. The zero-order valence-electron chi connectivity index (χ0n) is 9.83. The fourth-order valence-corrected chi connectivity index (χ4v) is 1.41. The smallest absolute Gasteiger partial charge is 0.223 e. The molecular weight excluding hydrogens is 188 g/mol. The van der Waals surface area contributed by atoms with Crippen LogP contribution in [0.1, 0.15) is 52.2 Å². The van der Waals surface area contributed by atoms with Gasteiger partial charge < -0.3 is 5.73 Å². The highest BCUT2D eigenvalue weighted by atomic mass is 15.1. The van der Waals surface area contributed by atoms with Crippen molar-refractivity contribution < 1.29 is 0 Å². The van der Waals surface area contributed by atoms with E-state index in [0.29, 0.717) is 5.95 Å². The third-order valence-corrected chi connectivity index (χ3v) is 2.86. The van der Waals surface area contributed by atoms with E-state index in [-0.39, 0.29) is 10.8 Å². The van der Waals surface area contributed by atoms with Gasteiger partial charge in [0, 0.05) is 10.8 Å². The topological polar surface area (TPSA) is 64.7 Å². The molecule has 1 aromatic heterocycles. The second-order valence-electron chi connectivity index (χ2n) is 5.65. The van der Waals surface area contributed by atoms with Crippen molar-refractivity contribution in [2.75, 3.05) is 5.73 Å². The van der Waals surface area contributed by atoms with E-state index >= 15 is 0 Å². The summed E-state index contributed by atoms with van der Waals surface area (Å²) in [7, 11) is 0. The molecule has 0 aromatic carbocycles. The Morgan fingerprint density at radius 3 is 2.20 bits per heavy atom. The minimum absolute atomic E-state index is 0.0724. The number of nitrogen functional groups attached to an aromatic ring is 1. The van der Waals surface area contributed by atoms with Gasteiger partial charge in [-0.3, -0.25) is 0 Å². The van der Waals surface area contributed by atoms with E-state index in [1.54, 1.807) is 0 Å². The second-order valence-corrected chi connectivity index (χ2v) is 5.65. The van der Waals surface area contributed by atoms with E-state index in [2.05, 4.69) is 42.6 Å². The molecule has 0 radical (unpaired) electrons. The second kappa shape index (κ2) is 2.90. The molecule has 1 aromatic rings. The Morgan fingerprint density at radius 1 is 1.13 bits per heavy atom. The molecule has 15 heavy (non-hydrogen) atoms. The first-order valence-corrected chi connectivity index (χ1v) is 5.34. The van der Waals surface area contributed by atoms with Gasteiger partial charge in [0.25, 0.3) is 0 Å². The average Bonchev–Trinajstić information content (AvgIpc) is 2.82. The van der Waals surface area contributed by atoms with Crippen LogP contribution in [0.15, 0.2) is 0 Å². The lowest BCUT2D eigenvalue weighted by molar-refractivity contribution is 0.529. The number of hydrogen-bond acceptors (Lipinski definition) is 4. The number of hydrogen-bond donors (Lipinski definition) is 1. The average molecular weight is 206 g/mol. The highest BCUT2D eigenvalue weighted by Crippen LogP contribution is 2.46. The van der Waals surface area contributed by atoms with E-state index in [9.17, 15) is 0 Å². The van der Waals surface area contributed by atoms with Gasteiger partial charge in [0.05, 0.1) is 0 Å². The van der Waals surface area contributed by atoms with Crippen molar-refractivity contribution in [2.24, 2.45) is 0 Å². The number of aromatic nitrogens is 3. The van der Waals surface area contributed by atoms with Crippen LogP contribution in [0.3, 0.4) is 0 Å². The van der Waals surface area contributed by atoms with Gasteiger partial charge in [-0.1, -0.05) is 27.7 Å². The van der Waals surface area contributed by atoms with Crippen molar-refractivity contribution in [1.82, 2.24) is 15.0 Å². The maximum absolute atomic E-state index is 5.72. The Labute approximate surface area is 90.3 Å². The van der Waals surface area contributed by atoms with Gasteiger partial charge in [-0.15, -0.1) is 0 Å². The van der Waals surface area contributed by atoms with Crippen LogP contribution < -0.4 is 5.73 Å². The molecule has 0 bridgehead atoms. The van der Waals surface area contributed by atoms with Gasteiger partial charge in [-0.2, -0.15) is 9.97 Å². The summed E-state index contributed by atoms with van der Waals surface area (Å²) in [6.45, 7) is 8.43. The van der Waals surface area contributed by atoms with Crippen molar-refractivity contribution in [3.8, 4) is 0 Å². The van der Waals surface area contributed by atoms with Crippen LogP contribution in [0.25, 0.3) is 0 Å². The summed E-state index contributed by atoms with van der Waals surface area (Å²) in [6.07, 6.45) is 2.31. The van der Waals surface area contributed by atoms with Gasteiger partial charge in [-0.05, 0) is 12.8 Å². The first kappa shape index (κ1) is 10.3. The number of nitrogens with two attached hydrogens (primary N) is 1. The molecule has 0 amide bonds. The molecule has 82 valence electrons. The lowest BCUT2D eigenvalue weighted by Gasteiger charge is -2.18. The molecule has 2 rings (SSSR count). The Balaban J connectivity index is 2.46. The van der Waals surface area contributed by atoms with Gasteiger partial charge in [0.15, 0.2) is 0 Å². The molecule has 2 N–H and O–H groups in total. The molecule has 0 spiro atoms. The maximum Gasteiger partial charge on any atom is 0.223 e. The molecule has 0 aliphatic heterocycles. The van der Waals surface area contributed by atoms with Crippen LogP contribution in [-0.2, 0) is 10.8 Å². The first-order chi connectivity index (χ1) is 6.81. The van der Waals surface area contributed by atoms with Crippen LogP contribution in [-0.4, -0.2) is 15.0 Å². The maximum atomic E-state index is 5.72. The lowest BCUT2D eigenvalue weighted by atomic mass is 9.95. The predicted molar refractivity (Wildman–Crippen MR) is 59.5 cm³/mol. The molecule has 1 heterocycles. The normalized spacial score (nSPS) is 18.9. The number of rotatable bonds is 1. The summed E-state index contributed by atoms with van der Waals surface area (Å²) >= 11 is 0. The van der Waals surface area contributed by atoms with E-state index < -0.39 is 0 Å². The van der Waals surface area contributed by atoms with Crippen molar-refractivity contribution in [2.45, 2.75) is 51.4 Å². The SMILES string of the molecule is CC(C)(C)c1nc(N)nc(C2(C)CC2)n1. The summed E-state index contributed by atoms with van der Waals surface area (Å²) in [5.41, 5.74) is 5.80. The molecule has 0 unspecified atom stereocenters. The number of anilines is 1. The van der Waals surface area contributed by atoms with E-state index in [0.717, 1.165) is 24.5 Å². The number of nitrogens with zero attached hydrogens (tertiary/aromatic N) is 3. The van der Waals surface area contributed by atoms with Gasteiger partial charge in [0.2, 0.25) is 5.95 Å². The lowest BCUT2D eigenvalue weighted by Crippen LogP contribution is -2.21. The fourth-order valence-electron chi connectivity index (χ4n) is 1.41. The fraction of sp³-hybridized carbons (Fsp3) is 0.727. The Kier molecular flexibility index (Phi) is 2.00. The monoisotopic (exact) mass is 206 g/mol. The van der Waals surface area contributed by atoms with E-state index in [1.807, 2.05) is 0 Å². The highest BCUT2D eigenvalue weighted by molar-refractivity contribution is 5.25. The Bertz CT molecular complexity index is 365. The molecule has 1 aliphatic carbocycles. The zero-order valence-corrected chi connectivity index (χ0v) is 9.83. The largest absolute Gasteiger partial charge is 0.368 e.